The molecule has 0 aliphatic rings. The molecule has 37 heavy (non-hydrogen) atoms. The van der Waals surface area contributed by atoms with E-state index in [1.165, 1.54) is 17.9 Å². The molecule has 0 radical (unpaired) electrons. The quantitative estimate of drug-likeness (QED) is 0.252. The van der Waals surface area contributed by atoms with Crippen LogP contribution in [0.4, 0.5) is 11.4 Å². The molecule has 0 aliphatic carbocycles. The maximum Gasteiger partial charge on any atom is 0.276 e. The number of nitrogens with one attached hydrogen (secondary N) is 3. The van der Waals surface area contributed by atoms with E-state index in [1.807, 2.05) is 0 Å². The van der Waals surface area contributed by atoms with E-state index in [1.54, 1.807) is 61.5 Å². The molecule has 0 fully saturated rings. The monoisotopic (exact) mass is 644 g/mol. The number of aromatic nitrogens is 3. The molecule has 9 nitrogen and oxygen atoms in total. The maximum atomic E-state index is 13.8. The number of anilines is 2. The predicted molar refractivity (Wildman–Crippen MR) is 149 cm³/mol. The molecule has 2 aromatic heterocycles. The van der Waals surface area contributed by atoms with Gasteiger partial charge in [0.05, 0.1) is 16.3 Å². The lowest BCUT2D eigenvalue weighted by Gasteiger charge is -2.16. The summed E-state index contributed by atoms with van der Waals surface area (Å²) in [5.41, 5.74) is 1.61. The Hall–Kier alpha value is -3.54. The van der Waals surface area contributed by atoms with Crippen molar-refractivity contribution in [3.8, 4) is 5.82 Å². The van der Waals surface area contributed by atoms with E-state index < -0.39 is 11.8 Å². The molecule has 4 aromatic rings. The first-order valence-corrected chi connectivity index (χ1v) is 12.8. The van der Waals surface area contributed by atoms with Gasteiger partial charge in [-0.3, -0.25) is 14.4 Å². The van der Waals surface area contributed by atoms with E-state index in [4.69, 9.17) is 11.6 Å². The highest BCUT2D eigenvalue weighted by atomic mass is 79.9. The van der Waals surface area contributed by atoms with Crippen LogP contribution in [0.1, 0.15) is 36.8 Å². The van der Waals surface area contributed by atoms with Crippen molar-refractivity contribution in [3.05, 3.63) is 97.3 Å². The Balaban J connectivity index is 1.85. The van der Waals surface area contributed by atoms with E-state index in [2.05, 4.69) is 57.9 Å². The number of halogens is 3. The fourth-order valence-electron chi connectivity index (χ4n) is 3.57. The van der Waals surface area contributed by atoms with Crippen LogP contribution < -0.4 is 16.0 Å². The van der Waals surface area contributed by atoms with Crippen LogP contribution in [0.2, 0.25) is 5.02 Å². The average Bonchev–Trinajstić information content (AvgIpc) is 3.21. The zero-order valence-electron chi connectivity index (χ0n) is 19.5. The van der Waals surface area contributed by atoms with Crippen LogP contribution in [-0.2, 0) is 0 Å². The first-order valence-electron chi connectivity index (χ1n) is 10.8. The lowest BCUT2D eigenvalue weighted by Crippen LogP contribution is -2.25. The topological polar surface area (TPSA) is 118 Å². The number of hydrogen-bond acceptors (Lipinski definition) is 5. The molecule has 0 saturated heterocycles. The summed E-state index contributed by atoms with van der Waals surface area (Å²) in [6.45, 7) is 1.76. The van der Waals surface area contributed by atoms with Crippen LogP contribution >= 0.6 is 43.5 Å². The number of carbonyl (C=O) groups is 3. The molecule has 0 bridgehead atoms. The van der Waals surface area contributed by atoms with E-state index in [9.17, 15) is 14.4 Å². The van der Waals surface area contributed by atoms with Gasteiger partial charge in [-0.2, -0.15) is 5.10 Å². The Morgan fingerprint density at radius 2 is 1.62 bits per heavy atom. The fraction of sp³-hybridized carbons (Fsp3) is 0.0800. The van der Waals surface area contributed by atoms with Crippen LogP contribution in [0.25, 0.3) is 5.82 Å². The third kappa shape index (κ3) is 5.58. The van der Waals surface area contributed by atoms with Gasteiger partial charge < -0.3 is 16.0 Å². The molecule has 2 heterocycles. The molecule has 188 valence electrons. The lowest BCUT2D eigenvalue weighted by molar-refractivity contribution is 0.0962. The standard InChI is InChI=1S/C25H19Br2ClN6O3/c1-13-11-15(26)12-16(24(36)29-2)18(13)31-25(37)20-19(32-23(35)14-7-4-3-5-8-14)21(27)33-34(20)22-17(28)9-6-10-30-22/h3-12H,1-2H3,(H,29,36)(H,31,37)(H,32,35). The van der Waals surface area contributed by atoms with E-state index in [0.29, 0.717) is 21.3 Å². The zero-order valence-corrected chi connectivity index (χ0v) is 23.4. The van der Waals surface area contributed by atoms with Crippen molar-refractivity contribution >= 4 is 72.6 Å². The van der Waals surface area contributed by atoms with Gasteiger partial charge >= 0.3 is 0 Å². The second-order valence-corrected chi connectivity index (χ2v) is 9.81. The summed E-state index contributed by atoms with van der Waals surface area (Å²) in [4.78, 5) is 43.6. The number of carbonyl (C=O) groups excluding carboxylic acids is 3. The number of benzene rings is 2. The van der Waals surface area contributed by atoms with E-state index >= 15 is 0 Å². The van der Waals surface area contributed by atoms with Gasteiger partial charge in [0.2, 0.25) is 0 Å². The van der Waals surface area contributed by atoms with Gasteiger partial charge in [-0.1, -0.05) is 45.7 Å². The summed E-state index contributed by atoms with van der Waals surface area (Å²) < 4.78 is 2.09. The molecule has 3 N–H and O–H groups in total. The Morgan fingerprint density at radius 1 is 0.919 bits per heavy atom. The van der Waals surface area contributed by atoms with Crippen LogP contribution in [0.5, 0.6) is 0 Å². The summed E-state index contributed by atoms with van der Waals surface area (Å²) >= 11 is 13.1. The number of aryl methyl sites for hydroxylation is 1. The SMILES string of the molecule is CNC(=O)c1cc(Br)cc(C)c1NC(=O)c1c(NC(=O)c2ccccc2)c(Br)nn1-c1ncccc1Cl. The van der Waals surface area contributed by atoms with Crippen LogP contribution in [0.15, 0.2) is 69.9 Å². The minimum absolute atomic E-state index is 0.0538. The summed E-state index contributed by atoms with van der Waals surface area (Å²) in [7, 11) is 1.50. The highest BCUT2D eigenvalue weighted by Gasteiger charge is 2.28. The van der Waals surface area contributed by atoms with Crippen LogP contribution in [0.3, 0.4) is 0 Å². The number of nitrogens with zero attached hydrogens (tertiary/aromatic N) is 3. The Bertz CT molecular complexity index is 1520. The van der Waals surface area contributed by atoms with E-state index in [0.717, 1.165) is 0 Å². The van der Waals surface area contributed by atoms with Gasteiger partial charge in [-0.05, 0) is 64.8 Å². The van der Waals surface area contributed by atoms with Gasteiger partial charge in [0.15, 0.2) is 16.1 Å². The van der Waals surface area contributed by atoms with Crippen molar-refractivity contribution in [1.82, 2.24) is 20.1 Å². The Morgan fingerprint density at radius 3 is 2.30 bits per heavy atom. The molecule has 0 atom stereocenters. The van der Waals surface area contributed by atoms with Crippen molar-refractivity contribution in [3.63, 3.8) is 0 Å². The average molecular weight is 647 g/mol. The fourth-order valence-corrected chi connectivity index (χ4v) is 4.79. The molecule has 4 rings (SSSR count). The third-order valence-corrected chi connectivity index (χ3v) is 6.59. The largest absolute Gasteiger partial charge is 0.355 e. The van der Waals surface area contributed by atoms with Crippen LogP contribution in [0, 0.1) is 6.92 Å². The van der Waals surface area contributed by atoms with Gasteiger partial charge in [0.25, 0.3) is 17.7 Å². The highest BCUT2D eigenvalue weighted by molar-refractivity contribution is 9.10. The van der Waals surface area contributed by atoms with Crippen molar-refractivity contribution in [1.29, 1.82) is 0 Å². The molecular weight excluding hydrogens is 628 g/mol. The molecule has 0 saturated carbocycles. The van der Waals surface area contributed by atoms with Crippen molar-refractivity contribution in [2.45, 2.75) is 6.92 Å². The molecule has 0 spiro atoms. The maximum absolute atomic E-state index is 13.8. The van der Waals surface area contributed by atoms with Crippen molar-refractivity contribution in [2.24, 2.45) is 0 Å². The van der Waals surface area contributed by atoms with Crippen molar-refractivity contribution in [2.75, 3.05) is 17.7 Å². The first-order chi connectivity index (χ1) is 17.7. The Labute approximate surface area is 233 Å². The first kappa shape index (κ1) is 26.5. The number of amides is 3. The highest BCUT2D eigenvalue weighted by Crippen LogP contribution is 2.33. The molecule has 0 unspecified atom stereocenters. The second-order valence-electron chi connectivity index (χ2n) is 7.73. The van der Waals surface area contributed by atoms with Gasteiger partial charge in [0.1, 0.15) is 5.69 Å². The Kier molecular flexibility index (Phi) is 8.06. The van der Waals surface area contributed by atoms with Gasteiger partial charge in [-0.25, -0.2) is 9.67 Å². The number of rotatable bonds is 6. The normalized spacial score (nSPS) is 10.6. The minimum atomic E-state index is -0.654. The third-order valence-electron chi connectivity index (χ3n) is 5.28. The van der Waals surface area contributed by atoms with E-state index in [-0.39, 0.29) is 38.3 Å². The van der Waals surface area contributed by atoms with Gasteiger partial charge in [-0.15, -0.1) is 0 Å². The smallest absolute Gasteiger partial charge is 0.276 e. The molecular formula is C25H19Br2ClN6O3. The second kappa shape index (κ2) is 11.2. The molecule has 3 amide bonds. The number of pyridine rings is 1. The minimum Gasteiger partial charge on any atom is -0.355 e. The lowest BCUT2D eigenvalue weighted by atomic mass is 10.1. The molecule has 2 aromatic carbocycles. The summed E-state index contributed by atoms with van der Waals surface area (Å²) in [6, 6.07) is 15.1. The number of hydrogen-bond donors (Lipinski definition) is 3. The van der Waals surface area contributed by atoms with Gasteiger partial charge in [0, 0.05) is 23.3 Å². The predicted octanol–water partition coefficient (Wildman–Crippen LogP) is 5.62. The van der Waals surface area contributed by atoms with Crippen LogP contribution in [-0.4, -0.2) is 39.5 Å². The summed E-state index contributed by atoms with van der Waals surface area (Å²) in [6.07, 6.45) is 1.50. The van der Waals surface area contributed by atoms with Crippen molar-refractivity contribution < 1.29 is 14.4 Å². The molecule has 0 aliphatic heterocycles. The summed E-state index contributed by atoms with van der Waals surface area (Å²) in [5.74, 6) is -1.32. The summed E-state index contributed by atoms with van der Waals surface area (Å²) in [5, 5.41) is 12.8. The molecule has 12 heteroatoms. The zero-order chi connectivity index (χ0) is 26.7.